The molecule has 1 fully saturated rings. The first-order valence-electron chi connectivity index (χ1n) is 7.78. The zero-order valence-corrected chi connectivity index (χ0v) is 14.4. The average Bonchev–Trinajstić information content (AvgIpc) is 2.66. The lowest BCUT2D eigenvalue weighted by Crippen LogP contribution is -2.31. The molecule has 1 aliphatic rings. The van der Waals surface area contributed by atoms with Gasteiger partial charge >= 0.3 is 0 Å². The van der Waals surface area contributed by atoms with Crippen LogP contribution >= 0.6 is 15.9 Å². The minimum absolute atomic E-state index is 0.625. The van der Waals surface area contributed by atoms with Crippen molar-refractivity contribution in [2.45, 2.75) is 32.7 Å². The number of rotatable bonds is 5. The Kier molecular flexibility index (Phi) is 6.53. The van der Waals surface area contributed by atoms with Gasteiger partial charge in [-0.1, -0.05) is 54.0 Å². The molecule has 1 aromatic carbocycles. The molecule has 20 heavy (non-hydrogen) atoms. The van der Waals surface area contributed by atoms with Crippen molar-refractivity contribution in [3.05, 3.63) is 35.4 Å². The Hall–Kier alpha value is -0.380. The van der Waals surface area contributed by atoms with Gasteiger partial charge in [-0.05, 0) is 36.6 Å². The third-order valence-electron chi connectivity index (χ3n) is 4.13. The molecule has 0 unspecified atom stereocenters. The average molecular weight is 339 g/mol. The molecule has 0 spiro atoms. The van der Waals surface area contributed by atoms with Crippen LogP contribution < -0.4 is 0 Å². The van der Waals surface area contributed by atoms with E-state index in [1.165, 1.54) is 50.3 Å². The van der Waals surface area contributed by atoms with E-state index in [9.17, 15) is 0 Å². The molecule has 1 saturated heterocycles. The van der Waals surface area contributed by atoms with Crippen LogP contribution in [0.3, 0.4) is 0 Å². The summed E-state index contributed by atoms with van der Waals surface area (Å²) in [5.74, 6) is 0.625. The van der Waals surface area contributed by atoms with Gasteiger partial charge in [0.05, 0.1) is 0 Å². The second-order valence-electron chi connectivity index (χ2n) is 6.06. The summed E-state index contributed by atoms with van der Waals surface area (Å²) in [7, 11) is 0. The van der Waals surface area contributed by atoms with E-state index in [4.69, 9.17) is 0 Å². The summed E-state index contributed by atoms with van der Waals surface area (Å²) in [6.07, 6.45) is 1.29. The maximum absolute atomic E-state index is 3.54. The smallest absolute Gasteiger partial charge is 0.0234 e. The van der Waals surface area contributed by atoms with Crippen LogP contribution in [0.4, 0.5) is 0 Å². The molecule has 0 aromatic heterocycles. The highest BCUT2D eigenvalue weighted by molar-refractivity contribution is 9.09. The van der Waals surface area contributed by atoms with Crippen molar-refractivity contribution in [2.24, 2.45) is 0 Å². The van der Waals surface area contributed by atoms with Crippen LogP contribution in [-0.2, 0) is 6.54 Å². The van der Waals surface area contributed by atoms with E-state index >= 15 is 0 Å². The van der Waals surface area contributed by atoms with Gasteiger partial charge in [-0.25, -0.2) is 0 Å². The van der Waals surface area contributed by atoms with Crippen LogP contribution in [0.25, 0.3) is 0 Å². The van der Waals surface area contributed by atoms with Gasteiger partial charge in [0.25, 0.3) is 0 Å². The standard InChI is InChI=1S/C17H27BrN2/c1-15(2)17-6-4-16(5-7-17)14-20-10-3-9-19(11-8-18)12-13-20/h4-7,15H,3,8-14H2,1-2H3. The van der Waals surface area contributed by atoms with Crippen molar-refractivity contribution >= 4 is 15.9 Å². The predicted octanol–water partition coefficient (Wildman–Crippen LogP) is 3.71. The quantitative estimate of drug-likeness (QED) is 0.755. The van der Waals surface area contributed by atoms with Crippen molar-refractivity contribution in [1.29, 1.82) is 0 Å². The maximum Gasteiger partial charge on any atom is 0.0234 e. The number of hydrogen-bond acceptors (Lipinski definition) is 2. The van der Waals surface area contributed by atoms with Crippen LogP contribution in [0.2, 0.25) is 0 Å². The van der Waals surface area contributed by atoms with Gasteiger partial charge in [0.1, 0.15) is 0 Å². The van der Waals surface area contributed by atoms with Crippen LogP contribution in [0.15, 0.2) is 24.3 Å². The molecule has 0 saturated carbocycles. The molecular weight excluding hydrogens is 312 g/mol. The van der Waals surface area contributed by atoms with E-state index in [0.717, 1.165) is 11.9 Å². The Morgan fingerprint density at radius 3 is 2.30 bits per heavy atom. The number of hydrogen-bond donors (Lipinski definition) is 0. The Balaban J connectivity index is 1.86. The summed E-state index contributed by atoms with van der Waals surface area (Å²) in [4.78, 5) is 5.16. The van der Waals surface area contributed by atoms with E-state index in [2.05, 4.69) is 63.8 Å². The Morgan fingerprint density at radius 2 is 1.65 bits per heavy atom. The Bertz CT molecular complexity index is 388. The highest BCUT2D eigenvalue weighted by atomic mass is 79.9. The monoisotopic (exact) mass is 338 g/mol. The van der Waals surface area contributed by atoms with E-state index in [0.29, 0.717) is 5.92 Å². The number of benzene rings is 1. The topological polar surface area (TPSA) is 6.48 Å². The molecule has 1 aromatic rings. The molecule has 0 N–H and O–H groups in total. The summed E-state index contributed by atoms with van der Waals surface area (Å²) in [6.45, 7) is 11.6. The van der Waals surface area contributed by atoms with Crippen LogP contribution in [0.5, 0.6) is 0 Å². The molecule has 0 amide bonds. The summed E-state index contributed by atoms with van der Waals surface area (Å²) in [5.41, 5.74) is 2.89. The van der Waals surface area contributed by atoms with Crippen molar-refractivity contribution < 1.29 is 0 Å². The molecule has 112 valence electrons. The van der Waals surface area contributed by atoms with E-state index < -0.39 is 0 Å². The summed E-state index contributed by atoms with van der Waals surface area (Å²) in [5, 5.41) is 1.09. The molecular formula is C17H27BrN2. The van der Waals surface area contributed by atoms with E-state index in [-0.39, 0.29) is 0 Å². The molecule has 3 heteroatoms. The molecule has 0 atom stereocenters. The minimum atomic E-state index is 0.625. The fraction of sp³-hybridized carbons (Fsp3) is 0.647. The first kappa shape index (κ1) is 16.0. The summed E-state index contributed by atoms with van der Waals surface area (Å²) in [6, 6.07) is 9.18. The SMILES string of the molecule is CC(C)c1ccc(CN2CCCN(CCBr)CC2)cc1. The van der Waals surface area contributed by atoms with Gasteiger partial charge in [-0.2, -0.15) is 0 Å². The van der Waals surface area contributed by atoms with Gasteiger partial charge < -0.3 is 4.90 Å². The zero-order chi connectivity index (χ0) is 14.4. The van der Waals surface area contributed by atoms with Crippen molar-refractivity contribution in [3.8, 4) is 0 Å². The molecule has 1 heterocycles. The van der Waals surface area contributed by atoms with Gasteiger partial charge in [0.2, 0.25) is 0 Å². The largest absolute Gasteiger partial charge is 0.301 e. The number of halogens is 1. The Labute approximate surface area is 132 Å². The molecule has 0 radical (unpaired) electrons. The third-order valence-corrected chi connectivity index (χ3v) is 4.49. The van der Waals surface area contributed by atoms with Crippen LogP contribution in [0.1, 0.15) is 37.3 Å². The van der Waals surface area contributed by atoms with Gasteiger partial charge in [-0.15, -0.1) is 0 Å². The first-order valence-corrected chi connectivity index (χ1v) is 8.90. The Morgan fingerprint density at radius 1 is 1.00 bits per heavy atom. The summed E-state index contributed by atoms with van der Waals surface area (Å²) < 4.78 is 0. The van der Waals surface area contributed by atoms with Crippen LogP contribution in [0, 0.1) is 0 Å². The molecule has 0 bridgehead atoms. The van der Waals surface area contributed by atoms with E-state index in [1.54, 1.807) is 0 Å². The van der Waals surface area contributed by atoms with Gasteiger partial charge in [-0.3, -0.25) is 4.90 Å². The second-order valence-corrected chi connectivity index (χ2v) is 6.85. The highest BCUT2D eigenvalue weighted by Gasteiger charge is 2.14. The summed E-state index contributed by atoms with van der Waals surface area (Å²) >= 11 is 3.54. The highest BCUT2D eigenvalue weighted by Crippen LogP contribution is 2.16. The van der Waals surface area contributed by atoms with Crippen molar-refractivity contribution in [3.63, 3.8) is 0 Å². The maximum atomic E-state index is 3.54. The predicted molar refractivity (Wildman–Crippen MR) is 90.7 cm³/mol. The number of alkyl halides is 1. The lowest BCUT2D eigenvalue weighted by molar-refractivity contribution is 0.258. The van der Waals surface area contributed by atoms with Gasteiger partial charge in [0, 0.05) is 31.5 Å². The van der Waals surface area contributed by atoms with E-state index in [1.807, 2.05) is 0 Å². The van der Waals surface area contributed by atoms with Crippen molar-refractivity contribution in [2.75, 3.05) is 38.1 Å². The molecule has 1 aliphatic heterocycles. The second kappa shape index (κ2) is 8.16. The first-order chi connectivity index (χ1) is 9.69. The lowest BCUT2D eigenvalue weighted by atomic mass is 10.0. The van der Waals surface area contributed by atoms with Gasteiger partial charge in [0.15, 0.2) is 0 Å². The zero-order valence-electron chi connectivity index (χ0n) is 12.8. The van der Waals surface area contributed by atoms with Crippen LogP contribution in [-0.4, -0.2) is 47.9 Å². The molecule has 0 aliphatic carbocycles. The fourth-order valence-corrected chi connectivity index (χ4v) is 3.29. The van der Waals surface area contributed by atoms with Crippen molar-refractivity contribution in [1.82, 2.24) is 9.80 Å². The normalized spacial score (nSPS) is 18.4. The third kappa shape index (κ3) is 4.87. The molecule has 2 nitrogen and oxygen atoms in total. The molecule has 2 rings (SSSR count). The fourth-order valence-electron chi connectivity index (χ4n) is 2.79. The lowest BCUT2D eigenvalue weighted by Gasteiger charge is -2.21. The minimum Gasteiger partial charge on any atom is -0.301 e. The number of nitrogens with zero attached hydrogens (tertiary/aromatic N) is 2.